The number of aryl methyl sites for hydroxylation is 1. The van der Waals surface area contributed by atoms with Gasteiger partial charge in [0.05, 0.1) is 10.5 Å². The van der Waals surface area contributed by atoms with Crippen molar-refractivity contribution < 1.29 is 9.72 Å². The van der Waals surface area contributed by atoms with Gasteiger partial charge >= 0.3 is 0 Å². The molecule has 2 rings (SSSR count). The molecule has 1 amide bonds. The highest BCUT2D eigenvalue weighted by atomic mass is 32.1. The van der Waals surface area contributed by atoms with Gasteiger partial charge in [0.25, 0.3) is 5.69 Å². The molecular formula is C12H10N4O3S. The molecule has 0 aliphatic rings. The molecule has 0 saturated carbocycles. The monoisotopic (exact) mass is 290 g/mol. The van der Waals surface area contributed by atoms with Crippen molar-refractivity contribution in [1.29, 1.82) is 0 Å². The van der Waals surface area contributed by atoms with E-state index in [9.17, 15) is 14.9 Å². The van der Waals surface area contributed by atoms with Crippen LogP contribution in [0.2, 0.25) is 0 Å². The Bertz CT molecular complexity index is 681. The Morgan fingerprint density at radius 2 is 2.15 bits per heavy atom. The number of aromatic nitrogens is 2. The van der Waals surface area contributed by atoms with E-state index in [1.54, 1.807) is 25.1 Å². The van der Waals surface area contributed by atoms with Gasteiger partial charge in [-0.1, -0.05) is 23.5 Å². The Labute approximate surface area is 118 Å². The number of para-hydroxylation sites is 1. The second-order valence-corrected chi connectivity index (χ2v) is 4.95. The van der Waals surface area contributed by atoms with E-state index in [1.165, 1.54) is 29.6 Å². The van der Waals surface area contributed by atoms with E-state index in [0.717, 1.165) is 5.01 Å². The molecule has 0 aliphatic heterocycles. The van der Waals surface area contributed by atoms with Crippen molar-refractivity contribution in [3.8, 4) is 0 Å². The van der Waals surface area contributed by atoms with Crippen LogP contribution in [0.4, 0.5) is 10.8 Å². The summed E-state index contributed by atoms with van der Waals surface area (Å²) in [6, 6.07) is 6.18. The highest BCUT2D eigenvalue weighted by molar-refractivity contribution is 7.15. The van der Waals surface area contributed by atoms with Crippen LogP contribution in [0, 0.1) is 17.0 Å². The van der Waals surface area contributed by atoms with Crippen molar-refractivity contribution in [2.75, 3.05) is 5.32 Å². The molecule has 1 N–H and O–H groups in total. The molecule has 0 unspecified atom stereocenters. The molecule has 2 aromatic rings. The van der Waals surface area contributed by atoms with Crippen molar-refractivity contribution in [3.05, 3.63) is 51.0 Å². The summed E-state index contributed by atoms with van der Waals surface area (Å²) in [5, 5.41) is 22.0. The lowest BCUT2D eigenvalue weighted by atomic mass is 10.1. The predicted molar refractivity (Wildman–Crippen MR) is 75.4 cm³/mol. The van der Waals surface area contributed by atoms with Gasteiger partial charge in [-0.05, 0) is 19.1 Å². The first-order chi connectivity index (χ1) is 9.56. The van der Waals surface area contributed by atoms with Crippen LogP contribution in [0.5, 0.6) is 0 Å². The maximum absolute atomic E-state index is 11.6. The maximum atomic E-state index is 11.6. The molecule has 0 saturated heterocycles. The quantitative estimate of drug-likeness (QED) is 0.529. The van der Waals surface area contributed by atoms with E-state index in [2.05, 4.69) is 15.5 Å². The van der Waals surface area contributed by atoms with E-state index in [4.69, 9.17) is 0 Å². The van der Waals surface area contributed by atoms with Crippen molar-refractivity contribution in [2.24, 2.45) is 0 Å². The van der Waals surface area contributed by atoms with Gasteiger partial charge in [0.15, 0.2) is 0 Å². The van der Waals surface area contributed by atoms with E-state index in [-0.39, 0.29) is 5.69 Å². The molecule has 8 heteroatoms. The fraction of sp³-hybridized carbons (Fsp3) is 0.0833. The molecule has 20 heavy (non-hydrogen) atoms. The largest absolute Gasteiger partial charge is 0.297 e. The average Bonchev–Trinajstić information content (AvgIpc) is 2.82. The van der Waals surface area contributed by atoms with Gasteiger partial charge in [0.2, 0.25) is 11.0 Å². The van der Waals surface area contributed by atoms with Crippen LogP contribution in [0.25, 0.3) is 6.08 Å². The lowest BCUT2D eigenvalue weighted by molar-refractivity contribution is -0.385. The smallest absolute Gasteiger partial charge is 0.276 e. The molecule has 0 fully saturated rings. The first-order valence-electron chi connectivity index (χ1n) is 5.59. The van der Waals surface area contributed by atoms with Crippen LogP contribution in [-0.2, 0) is 4.79 Å². The van der Waals surface area contributed by atoms with Crippen LogP contribution >= 0.6 is 11.3 Å². The zero-order valence-electron chi connectivity index (χ0n) is 10.4. The minimum atomic E-state index is -0.494. The summed E-state index contributed by atoms with van der Waals surface area (Å²) in [6.45, 7) is 1.77. The lowest BCUT2D eigenvalue weighted by Gasteiger charge is -1.97. The first kappa shape index (κ1) is 13.8. The number of nitro benzene ring substituents is 1. The van der Waals surface area contributed by atoms with E-state index in [0.29, 0.717) is 10.7 Å². The minimum absolute atomic E-state index is 0.0525. The van der Waals surface area contributed by atoms with E-state index < -0.39 is 10.8 Å². The van der Waals surface area contributed by atoms with Crippen molar-refractivity contribution >= 4 is 34.1 Å². The number of carbonyl (C=O) groups is 1. The number of carbonyl (C=O) groups excluding carboxylic acids is 1. The summed E-state index contributed by atoms with van der Waals surface area (Å²) in [5.74, 6) is -0.417. The maximum Gasteiger partial charge on any atom is 0.276 e. The zero-order chi connectivity index (χ0) is 14.5. The van der Waals surface area contributed by atoms with Gasteiger partial charge in [0, 0.05) is 12.1 Å². The van der Waals surface area contributed by atoms with Crippen molar-refractivity contribution in [2.45, 2.75) is 6.92 Å². The second-order valence-electron chi connectivity index (χ2n) is 3.76. The van der Waals surface area contributed by atoms with E-state index in [1.807, 2.05) is 0 Å². The Morgan fingerprint density at radius 3 is 2.80 bits per heavy atom. The third-order valence-corrected chi connectivity index (χ3v) is 3.06. The van der Waals surface area contributed by atoms with Crippen LogP contribution in [-0.4, -0.2) is 21.0 Å². The molecule has 0 radical (unpaired) electrons. The van der Waals surface area contributed by atoms with Crippen LogP contribution < -0.4 is 5.32 Å². The number of nitro groups is 1. The van der Waals surface area contributed by atoms with Crippen LogP contribution in [0.3, 0.4) is 0 Å². The Hall–Kier alpha value is -2.61. The topological polar surface area (TPSA) is 98.0 Å². The Kier molecular flexibility index (Phi) is 4.16. The molecule has 1 heterocycles. The summed E-state index contributed by atoms with van der Waals surface area (Å²) < 4.78 is 0. The molecule has 7 nitrogen and oxygen atoms in total. The predicted octanol–water partition coefficient (Wildman–Crippen LogP) is 2.41. The minimum Gasteiger partial charge on any atom is -0.297 e. The fourth-order valence-corrected chi connectivity index (χ4v) is 2.05. The van der Waals surface area contributed by atoms with Crippen LogP contribution in [0.1, 0.15) is 10.6 Å². The Morgan fingerprint density at radius 1 is 1.40 bits per heavy atom. The first-order valence-corrected chi connectivity index (χ1v) is 6.40. The molecule has 0 spiro atoms. The van der Waals surface area contributed by atoms with E-state index >= 15 is 0 Å². The molecule has 0 atom stereocenters. The lowest BCUT2D eigenvalue weighted by Crippen LogP contribution is -2.07. The summed E-state index contributed by atoms with van der Waals surface area (Å²) >= 11 is 1.25. The highest BCUT2D eigenvalue weighted by Crippen LogP contribution is 2.19. The molecule has 0 bridgehead atoms. The van der Waals surface area contributed by atoms with Gasteiger partial charge in [-0.2, -0.15) is 0 Å². The third-order valence-electron chi connectivity index (χ3n) is 2.30. The number of amides is 1. The van der Waals surface area contributed by atoms with Crippen molar-refractivity contribution in [1.82, 2.24) is 10.2 Å². The standard InChI is InChI=1S/C12H10N4O3S/c1-8-14-15-12(20-8)13-11(17)7-6-9-4-2-3-5-10(9)16(18)19/h2-7H,1H3,(H,13,15,17). The zero-order valence-corrected chi connectivity index (χ0v) is 11.3. The number of rotatable bonds is 4. The molecule has 1 aromatic heterocycles. The number of hydrogen-bond donors (Lipinski definition) is 1. The van der Waals surface area contributed by atoms with Crippen LogP contribution in [0.15, 0.2) is 30.3 Å². The second kappa shape index (κ2) is 6.02. The normalized spacial score (nSPS) is 10.7. The SMILES string of the molecule is Cc1nnc(NC(=O)C=Cc2ccccc2[N+](=O)[O-])s1. The number of anilines is 1. The number of hydrogen-bond acceptors (Lipinski definition) is 6. The molecular weight excluding hydrogens is 280 g/mol. The summed E-state index contributed by atoms with van der Waals surface area (Å²) in [7, 11) is 0. The fourth-order valence-electron chi connectivity index (χ4n) is 1.45. The van der Waals surface area contributed by atoms with Gasteiger partial charge in [0.1, 0.15) is 5.01 Å². The van der Waals surface area contributed by atoms with Gasteiger partial charge in [-0.3, -0.25) is 20.2 Å². The number of benzene rings is 1. The molecule has 102 valence electrons. The summed E-state index contributed by atoms with van der Waals surface area (Å²) in [5.41, 5.74) is 0.310. The third kappa shape index (κ3) is 3.45. The van der Waals surface area contributed by atoms with Gasteiger partial charge in [-0.15, -0.1) is 10.2 Å². The van der Waals surface area contributed by atoms with Crippen molar-refractivity contribution in [3.63, 3.8) is 0 Å². The highest BCUT2D eigenvalue weighted by Gasteiger charge is 2.10. The average molecular weight is 290 g/mol. The summed E-state index contributed by atoms with van der Waals surface area (Å²) in [6.07, 6.45) is 2.61. The van der Waals surface area contributed by atoms with Gasteiger partial charge in [-0.25, -0.2) is 0 Å². The number of nitrogens with one attached hydrogen (secondary N) is 1. The Balaban J connectivity index is 2.09. The molecule has 0 aliphatic carbocycles. The number of nitrogens with zero attached hydrogens (tertiary/aromatic N) is 3. The summed E-state index contributed by atoms with van der Waals surface area (Å²) in [4.78, 5) is 22.0. The van der Waals surface area contributed by atoms with Gasteiger partial charge < -0.3 is 0 Å². The molecule has 1 aromatic carbocycles.